The highest BCUT2D eigenvalue weighted by Gasteiger charge is 2.28. The van der Waals surface area contributed by atoms with Crippen molar-refractivity contribution >= 4 is 17.1 Å². The molecular weight excluding hydrogens is 316 g/mol. The van der Waals surface area contributed by atoms with Gasteiger partial charge < -0.3 is 4.74 Å². The van der Waals surface area contributed by atoms with Crippen LogP contribution in [0.15, 0.2) is 18.5 Å². The lowest BCUT2D eigenvalue weighted by molar-refractivity contribution is -0.133. The number of hydrogen-bond acceptors (Lipinski definition) is 3. The van der Waals surface area contributed by atoms with Crippen molar-refractivity contribution in [3.63, 3.8) is 0 Å². The van der Waals surface area contributed by atoms with Gasteiger partial charge in [0, 0.05) is 12.5 Å². The summed E-state index contributed by atoms with van der Waals surface area (Å²) in [5.41, 5.74) is -0.433. The lowest BCUT2D eigenvalue weighted by Crippen LogP contribution is -2.26. The minimum atomic E-state index is -4.35. The molecule has 0 unspecified atom stereocenters. The smallest absolute Gasteiger partial charge is 0.420 e. The van der Waals surface area contributed by atoms with Gasteiger partial charge in [0.2, 0.25) is 0 Å². The van der Waals surface area contributed by atoms with Crippen LogP contribution >= 0.6 is 0 Å². The number of ether oxygens (including phenoxy) is 1. The molecule has 2 rings (SSSR count). The van der Waals surface area contributed by atoms with E-state index in [1.54, 1.807) is 20.8 Å². The molecule has 0 saturated carbocycles. The first kappa shape index (κ1) is 17.2. The van der Waals surface area contributed by atoms with E-state index in [-0.39, 0.29) is 16.6 Å². The Morgan fingerprint density at radius 3 is 2.48 bits per heavy atom. The fraction of sp³-hybridized carbons (Fsp3) is 0.467. The summed E-state index contributed by atoms with van der Waals surface area (Å²) in [5.74, 6) is -0.736. The number of nitrogens with zero attached hydrogens (tertiary/aromatic N) is 2. The van der Waals surface area contributed by atoms with Crippen molar-refractivity contribution in [2.75, 3.05) is 0 Å². The highest BCUT2D eigenvalue weighted by molar-refractivity contribution is 5.88. The number of alkyl halides is 3. The Morgan fingerprint density at radius 1 is 1.26 bits per heavy atom. The summed E-state index contributed by atoms with van der Waals surface area (Å²) in [6.45, 7) is 5.00. The number of hydrogen-bond donors (Lipinski definition) is 0. The van der Waals surface area contributed by atoms with Crippen molar-refractivity contribution in [1.29, 1.82) is 0 Å². The SMILES string of the molecule is CC(C)(C)OC(=O)n1cnc2c(CCC(F)(F)F)cc(F)cc21. The van der Waals surface area contributed by atoms with Crippen LogP contribution in [0, 0.1) is 5.82 Å². The van der Waals surface area contributed by atoms with E-state index in [0.29, 0.717) is 0 Å². The lowest BCUT2D eigenvalue weighted by Gasteiger charge is -2.19. The van der Waals surface area contributed by atoms with Crippen molar-refractivity contribution in [2.24, 2.45) is 0 Å². The van der Waals surface area contributed by atoms with E-state index in [4.69, 9.17) is 4.74 Å². The molecule has 0 fully saturated rings. The Labute approximate surface area is 130 Å². The maximum absolute atomic E-state index is 13.7. The largest absolute Gasteiger partial charge is 0.443 e. The molecule has 0 amide bonds. The fourth-order valence-corrected chi connectivity index (χ4v) is 2.07. The second kappa shape index (κ2) is 5.82. The van der Waals surface area contributed by atoms with Gasteiger partial charge in [0.05, 0.1) is 11.0 Å². The third-order valence-corrected chi connectivity index (χ3v) is 2.96. The molecule has 0 aliphatic heterocycles. The van der Waals surface area contributed by atoms with Crippen LogP contribution in [0.2, 0.25) is 0 Å². The Kier molecular flexibility index (Phi) is 4.37. The van der Waals surface area contributed by atoms with Crippen molar-refractivity contribution < 1.29 is 27.1 Å². The average Bonchev–Trinajstić information content (AvgIpc) is 2.76. The summed E-state index contributed by atoms with van der Waals surface area (Å²) < 4.78 is 57.0. The average molecular weight is 332 g/mol. The standard InChI is InChI=1S/C15H16F4N2O2/c1-14(2,3)23-13(22)21-8-20-12-9(4-5-15(17,18)19)6-10(16)7-11(12)21/h6-8H,4-5H2,1-3H3. The van der Waals surface area contributed by atoms with Crippen molar-refractivity contribution in [2.45, 2.75) is 45.4 Å². The van der Waals surface area contributed by atoms with Gasteiger partial charge in [-0.05, 0) is 38.8 Å². The second-order valence-electron chi connectivity index (χ2n) is 6.14. The van der Waals surface area contributed by atoms with Gasteiger partial charge >= 0.3 is 12.3 Å². The minimum Gasteiger partial charge on any atom is -0.443 e. The maximum Gasteiger partial charge on any atom is 0.420 e. The number of carbonyl (C=O) groups is 1. The first-order chi connectivity index (χ1) is 10.5. The first-order valence-electron chi connectivity index (χ1n) is 6.92. The monoisotopic (exact) mass is 332 g/mol. The summed E-state index contributed by atoms with van der Waals surface area (Å²) >= 11 is 0. The fourth-order valence-electron chi connectivity index (χ4n) is 2.07. The molecule has 1 aromatic heterocycles. The van der Waals surface area contributed by atoms with Gasteiger partial charge in [-0.2, -0.15) is 13.2 Å². The molecule has 23 heavy (non-hydrogen) atoms. The molecule has 126 valence electrons. The molecule has 0 saturated heterocycles. The Balaban J connectivity index is 2.40. The zero-order chi connectivity index (χ0) is 17.4. The number of aromatic nitrogens is 2. The summed E-state index contributed by atoms with van der Waals surface area (Å²) in [6, 6.07) is 2.05. The van der Waals surface area contributed by atoms with Crippen LogP contribution < -0.4 is 0 Å². The minimum absolute atomic E-state index is 0.0800. The lowest BCUT2D eigenvalue weighted by atomic mass is 10.1. The Bertz CT molecular complexity index is 729. The van der Waals surface area contributed by atoms with Crippen LogP contribution in [-0.2, 0) is 11.2 Å². The predicted molar refractivity (Wildman–Crippen MR) is 75.7 cm³/mol. The zero-order valence-corrected chi connectivity index (χ0v) is 12.9. The molecule has 8 heteroatoms. The van der Waals surface area contributed by atoms with Gasteiger partial charge in [-0.25, -0.2) is 18.7 Å². The van der Waals surface area contributed by atoms with Gasteiger partial charge in [-0.3, -0.25) is 0 Å². The summed E-state index contributed by atoms with van der Waals surface area (Å²) in [6.07, 6.45) is -5.51. The molecule has 0 spiro atoms. The maximum atomic E-state index is 13.7. The molecule has 2 aromatic rings. The summed E-state index contributed by atoms with van der Waals surface area (Å²) in [4.78, 5) is 16.0. The predicted octanol–water partition coefficient (Wildman–Crippen LogP) is 4.45. The quantitative estimate of drug-likeness (QED) is 0.763. The Morgan fingerprint density at radius 2 is 1.91 bits per heavy atom. The van der Waals surface area contributed by atoms with Gasteiger partial charge in [-0.15, -0.1) is 0 Å². The molecular formula is C15H16F4N2O2. The first-order valence-corrected chi connectivity index (χ1v) is 6.92. The zero-order valence-electron chi connectivity index (χ0n) is 12.9. The number of benzene rings is 1. The van der Waals surface area contributed by atoms with Crippen LogP contribution in [0.4, 0.5) is 22.4 Å². The van der Waals surface area contributed by atoms with E-state index in [0.717, 1.165) is 23.0 Å². The number of fused-ring (bicyclic) bond motifs is 1. The van der Waals surface area contributed by atoms with Crippen LogP contribution in [0.3, 0.4) is 0 Å². The van der Waals surface area contributed by atoms with E-state index in [1.807, 2.05) is 0 Å². The molecule has 0 aliphatic rings. The van der Waals surface area contributed by atoms with Crippen molar-refractivity contribution in [3.05, 3.63) is 29.8 Å². The normalized spacial score (nSPS) is 12.7. The van der Waals surface area contributed by atoms with Crippen molar-refractivity contribution in [3.8, 4) is 0 Å². The molecule has 1 heterocycles. The number of rotatable bonds is 2. The highest BCUT2D eigenvalue weighted by atomic mass is 19.4. The van der Waals surface area contributed by atoms with E-state index >= 15 is 0 Å². The van der Waals surface area contributed by atoms with Gasteiger partial charge in [0.1, 0.15) is 17.7 Å². The second-order valence-corrected chi connectivity index (χ2v) is 6.14. The molecule has 0 bridgehead atoms. The number of imidazole rings is 1. The Hall–Kier alpha value is -2.12. The van der Waals surface area contributed by atoms with Crippen LogP contribution in [0.25, 0.3) is 11.0 Å². The van der Waals surface area contributed by atoms with Gasteiger partial charge in [0.25, 0.3) is 0 Å². The molecule has 0 radical (unpaired) electrons. The topological polar surface area (TPSA) is 44.1 Å². The van der Waals surface area contributed by atoms with E-state index < -0.39 is 36.5 Å². The van der Waals surface area contributed by atoms with Gasteiger partial charge in [0.15, 0.2) is 0 Å². The van der Waals surface area contributed by atoms with E-state index in [2.05, 4.69) is 4.98 Å². The number of halogens is 4. The van der Waals surface area contributed by atoms with Crippen molar-refractivity contribution in [1.82, 2.24) is 9.55 Å². The molecule has 0 aliphatic carbocycles. The molecule has 1 aromatic carbocycles. The third kappa shape index (κ3) is 4.43. The molecule has 4 nitrogen and oxygen atoms in total. The number of carbonyl (C=O) groups excluding carboxylic acids is 1. The van der Waals surface area contributed by atoms with E-state index in [1.165, 1.54) is 0 Å². The van der Waals surface area contributed by atoms with Gasteiger partial charge in [-0.1, -0.05) is 0 Å². The highest BCUT2D eigenvalue weighted by Crippen LogP contribution is 2.26. The summed E-state index contributed by atoms with van der Waals surface area (Å²) in [7, 11) is 0. The van der Waals surface area contributed by atoms with E-state index in [9.17, 15) is 22.4 Å². The molecule has 0 N–H and O–H groups in total. The summed E-state index contributed by atoms with van der Waals surface area (Å²) in [5, 5.41) is 0. The van der Waals surface area contributed by atoms with Crippen LogP contribution in [-0.4, -0.2) is 27.4 Å². The van der Waals surface area contributed by atoms with Crippen LogP contribution in [0.5, 0.6) is 0 Å². The van der Waals surface area contributed by atoms with Crippen LogP contribution in [0.1, 0.15) is 32.8 Å². The molecule has 0 atom stereocenters. The number of aryl methyl sites for hydroxylation is 1. The third-order valence-electron chi connectivity index (χ3n) is 2.96.